The van der Waals surface area contributed by atoms with Crippen molar-refractivity contribution in [1.29, 1.82) is 0 Å². The minimum atomic E-state index is -0.489. The van der Waals surface area contributed by atoms with Gasteiger partial charge in [-0.3, -0.25) is 0 Å². The van der Waals surface area contributed by atoms with Crippen molar-refractivity contribution in [3.8, 4) is 22.3 Å². The summed E-state index contributed by atoms with van der Waals surface area (Å²) in [6, 6.07) is 31.4. The normalized spacial score (nSPS) is 15.0. The van der Waals surface area contributed by atoms with E-state index < -0.39 is 24.2 Å². The zero-order valence-corrected chi connectivity index (χ0v) is 23.3. The minimum absolute atomic E-state index is 0.0347. The van der Waals surface area contributed by atoms with Gasteiger partial charge in [0, 0.05) is 0 Å². The molecule has 0 amide bonds. The summed E-state index contributed by atoms with van der Waals surface area (Å²) in [5.74, 6) is 0. The number of fused-ring (bicyclic) bond motifs is 5. The monoisotopic (exact) mass is 563 g/mol. The van der Waals surface area contributed by atoms with Gasteiger partial charge in [0.15, 0.2) is 0 Å². The quantitative estimate of drug-likeness (QED) is 0.145. The first-order valence-corrected chi connectivity index (χ1v) is 14.6. The van der Waals surface area contributed by atoms with Crippen molar-refractivity contribution in [3.05, 3.63) is 158 Å². The fourth-order valence-electron chi connectivity index (χ4n) is 7.11. The molecular weight excluding hydrogens is 528 g/mol. The molecule has 0 heteroatoms. The van der Waals surface area contributed by atoms with Gasteiger partial charge in [0.25, 0.3) is 0 Å². The lowest BCUT2D eigenvalue weighted by atomic mass is 9.82. The summed E-state index contributed by atoms with van der Waals surface area (Å²) in [5.41, 5.74) is 2.85. The maximum absolute atomic E-state index is 9.69. The predicted molar refractivity (Wildman–Crippen MR) is 191 cm³/mol. The van der Waals surface area contributed by atoms with Gasteiger partial charge < -0.3 is 0 Å². The van der Waals surface area contributed by atoms with Crippen molar-refractivity contribution in [2.45, 2.75) is 0 Å². The molecule has 0 saturated carbocycles. The first-order valence-electron chi connectivity index (χ1n) is 19.1. The Hall–Kier alpha value is -5.72. The Morgan fingerprint density at radius 1 is 0.341 bits per heavy atom. The largest absolute Gasteiger partial charge is 0.0630 e. The van der Waals surface area contributed by atoms with E-state index in [0.717, 1.165) is 54.2 Å². The van der Waals surface area contributed by atoms with E-state index in [0.29, 0.717) is 5.56 Å². The van der Waals surface area contributed by atoms with Crippen molar-refractivity contribution in [2.24, 2.45) is 0 Å². The molecule has 0 spiro atoms. The molecule has 0 aliphatic carbocycles. The van der Waals surface area contributed by atoms with Crippen LogP contribution in [-0.2, 0) is 0 Å². The summed E-state index contributed by atoms with van der Waals surface area (Å²) < 4.78 is 82.0. The Bertz CT molecular complexity index is 3250. The topological polar surface area (TPSA) is 0 Å². The molecule has 0 nitrogen and oxygen atoms in total. The van der Waals surface area contributed by atoms with Crippen molar-refractivity contribution in [3.63, 3.8) is 0 Å². The van der Waals surface area contributed by atoms with E-state index in [1.54, 1.807) is 0 Å². The molecule has 0 bridgehead atoms. The zero-order chi connectivity index (χ0) is 36.6. The molecule has 0 saturated heterocycles. The van der Waals surface area contributed by atoms with E-state index in [-0.39, 0.29) is 68.1 Å². The van der Waals surface area contributed by atoms with E-state index in [1.807, 2.05) is 60.7 Å². The molecule has 0 fully saturated rings. The summed E-state index contributed by atoms with van der Waals surface area (Å²) >= 11 is 0. The lowest BCUT2D eigenvalue weighted by Crippen LogP contribution is -1.93. The highest BCUT2D eigenvalue weighted by Gasteiger charge is 2.21. The highest BCUT2D eigenvalue weighted by molar-refractivity contribution is 6.32. The molecule has 0 unspecified atom stereocenters. The average molecular weight is 564 g/mol. The highest BCUT2D eigenvalue weighted by atomic mass is 14.2. The molecule has 0 aliphatic heterocycles. The SMILES string of the molecule is [2H]c1c([2H])c2c([2H])c([2H])c3c([2H])c([2H])c(-c4c5ccccc5c(-c5ccc6ccccc6c5)c5ccc6ccccc6c45)c4c([2H])c([2H])c(c1[2H])c2c34. The van der Waals surface area contributed by atoms with E-state index >= 15 is 0 Å². The minimum Gasteiger partial charge on any atom is -0.0616 e. The maximum Gasteiger partial charge on any atom is 0.0630 e. The van der Waals surface area contributed by atoms with Crippen LogP contribution in [0.1, 0.15) is 12.3 Å². The van der Waals surface area contributed by atoms with Crippen molar-refractivity contribution >= 4 is 75.4 Å². The summed E-state index contributed by atoms with van der Waals surface area (Å²) in [7, 11) is 0. The van der Waals surface area contributed by atoms with Gasteiger partial charge >= 0.3 is 0 Å². The molecule has 202 valence electrons. The maximum atomic E-state index is 9.69. The molecule has 0 heterocycles. The second-order valence-corrected chi connectivity index (χ2v) is 11.3. The molecule has 10 aromatic carbocycles. The van der Waals surface area contributed by atoms with Crippen LogP contribution in [0.25, 0.3) is 97.7 Å². The van der Waals surface area contributed by atoms with Crippen LogP contribution < -0.4 is 0 Å². The van der Waals surface area contributed by atoms with Crippen molar-refractivity contribution < 1.29 is 12.3 Å². The van der Waals surface area contributed by atoms with Crippen LogP contribution in [0, 0.1) is 0 Å². The Kier molecular flexibility index (Phi) is 3.39. The van der Waals surface area contributed by atoms with Gasteiger partial charge in [0.05, 0.1) is 12.3 Å². The van der Waals surface area contributed by atoms with Crippen molar-refractivity contribution in [2.75, 3.05) is 0 Å². The van der Waals surface area contributed by atoms with E-state index in [9.17, 15) is 5.48 Å². The fourth-order valence-corrected chi connectivity index (χ4v) is 7.11. The molecular formula is C44H26. The van der Waals surface area contributed by atoms with Crippen LogP contribution in [0.15, 0.2) is 158 Å². The van der Waals surface area contributed by atoms with Gasteiger partial charge in [-0.25, -0.2) is 0 Å². The standard InChI is InChI=1S/C44H26/c1-2-10-32-26-33(19-16-27(32)8-1)41-35-14-5-6-15-36(35)44(43-34-13-4-3-9-28(34)20-25-39(41)43)38-24-22-31-18-17-29-11-7-12-30-21-23-37(38)42(31)40(29)30/h1-26H/i7D,11D,12D,17D,18D,21D,22D,23D,24D. The first-order chi connectivity index (χ1) is 25.6. The highest BCUT2D eigenvalue weighted by Crippen LogP contribution is 2.49. The predicted octanol–water partition coefficient (Wildman–Crippen LogP) is 12.5. The lowest BCUT2D eigenvalue weighted by molar-refractivity contribution is 1.70. The second kappa shape index (κ2) is 8.89. The summed E-state index contributed by atoms with van der Waals surface area (Å²) in [6.07, 6.45) is 0. The summed E-state index contributed by atoms with van der Waals surface area (Å²) in [4.78, 5) is 0. The zero-order valence-electron chi connectivity index (χ0n) is 32.3. The molecule has 0 aromatic heterocycles. The lowest BCUT2D eigenvalue weighted by Gasteiger charge is -2.21. The fraction of sp³-hybridized carbons (Fsp3) is 0. The number of hydrogen-bond donors (Lipinski definition) is 0. The third kappa shape index (κ3) is 3.23. The first kappa shape index (κ1) is 16.8. The third-order valence-corrected chi connectivity index (χ3v) is 9.01. The second-order valence-electron chi connectivity index (χ2n) is 11.3. The van der Waals surface area contributed by atoms with E-state index in [4.69, 9.17) is 6.85 Å². The van der Waals surface area contributed by atoms with Crippen LogP contribution in [0.3, 0.4) is 0 Å². The number of hydrogen-bond acceptors (Lipinski definition) is 0. The summed E-state index contributed by atoms with van der Waals surface area (Å²) in [5, 5.41) is 7.78. The molecule has 0 N–H and O–H groups in total. The number of benzene rings is 10. The van der Waals surface area contributed by atoms with Crippen LogP contribution in [-0.4, -0.2) is 0 Å². The van der Waals surface area contributed by atoms with E-state index in [2.05, 4.69) is 42.5 Å². The molecule has 0 radical (unpaired) electrons. The van der Waals surface area contributed by atoms with Crippen LogP contribution >= 0.6 is 0 Å². The van der Waals surface area contributed by atoms with Crippen LogP contribution in [0.5, 0.6) is 0 Å². The molecule has 10 rings (SSSR count). The smallest absolute Gasteiger partial charge is 0.0616 e. The summed E-state index contributed by atoms with van der Waals surface area (Å²) in [6.45, 7) is 0. The molecule has 44 heavy (non-hydrogen) atoms. The van der Waals surface area contributed by atoms with Gasteiger partial charge in [-0.1, -0.05) is 151 Å². The Labute approximate surface area is 267 Å². The van der Waals surface area contributed by atoms with E-state index in [1.165, 1.54) is 0 Å². The van der Waals surface area contributed by atoms with Crippen molar-refractivity contribution in [1.82, 2.24) is 0 Å². The van der Waals surface area contributed by atoms with Gasteiger partial charge in [0.1, 0.15) is 0 Å². The third-order valence-electron chi connectivity index (χ3n) is 9.01. The van der Waals surface area contributed by atoms with Crippen LogP contribution in [0.2, 0.25) is 0 Å². The molecule has 10 aromatic rings. The van der Waals surface area contributed by atoms with Crippen LogP contribution in [0.4, 0.5) is 0 Å². The average Bonchev–Trinajstić information content (AvgIpc) is 3.17. The molecule has 0 aliphatic rings. The van der Waals surface area contributed by atoms with Gasteiger partial charge in [0.2, 0.25) is 0 Å². The Balaban J connectivity index is 1.51. The van der Waals surface area contributed by atoms with Gasteiger partial charge in [-0.2, -0.15) is 0 Å². The van der Waals surface area contributed by atoms with Gasteiger partial charge in [-0.15, -0.1) is 0 Å². The Morgan fingerprint density at radius 2 is 0.955 bits per heavy atom. The number of rotatable bonds is 2. The Morgan fingerprint density at radius 3 is 1.77 bits per heavy atom. The van der Waals surface area contributed by atoms with Gasteiger partial charge in [-0.05, 0) is 104 Å². The molecule has 0 atom stereocenters.